The van der Waals surface area contributed by atoms with Crippen LogP contribution in [0.2, 0.25) is 0 Å². The van der Waals surface area contributed by atoms with Crippen LogP contribution < -0.4 is 10.5 Å². The average molecular weight is 268 g/mol. The average Bonchev–Trinajstić information content (AvgIpc) is 2.26. The first-order valence-corrected chi connectivity index (χ1v) is 7.80. The van der Waals surface area contributed by atoms with E-state index in [1.54, 1.807) is 19.1 Å². The third kappa shape index (κ3) is 2.91. The number of benzene rings is 1. The third-order valence-corrected chi connectivity index (χ3v) is 5.14. The number of nitrogens with two attached hydrogens (primary N) is 1. The second-order valence-electron chi connectivity index (χ2n) is 4.95. The van der Waals surface area contributed by atoms with E-state index in [0.717, 1.165) is 24.0 Å². The van der Waals surface area contributed by atoms with Crippen molar-refractivity contribution in [1.82, 2.24) is 4.72 Å². The van der Waals surface area contributed by atoms with Crippen LogP contribution in [0.5, 0.6) is 0 Å². The molecule has 4 nitrogen and oxygen atoms in total. The minimum atomic E-state index is -3.38. The molecule has 1 aliphatic carbocycles. The van der Waals surface area contributed by atoms with E-state index in [1.165, 1.54) is 6.42 Å². The zero-order chi connectivity index (χ0) is 13.2. The molecule has 100 valence electrons. The van der Waals surface area contributed by atoms with Crippen molar-refractivity contribution < 1.29 is 8.42 Å². The minimum absolute atomic E-state index is 0.360. The van der Waals surface area contributed by atoms with Crippen molar-refractivity contribution in [2.45, 2.75) is 37.6 Å². The molecule has 0 saturated heterocycles. The van der Waals surface area contributed by atoms with Gasteiger partial charge in [0.1, 0.15) is 0 Å². The SMILES string of the molecule is Cc1cc(CN)ccc1S(=O)(=O)NCC1CCC1. The molecule has 0 spiro atoms. The molecule has 1 aliphatic rings. The highest BCUT2D eigenvalue weighted by atomic mass is 32.2. The molecular weight excluding hydrogens is 248 g/mol. The van der Waals surface area contributed by atoms with Crippen molar-refractivity contribution in [2.24, 2.45) is 11.7 Å². The standard InChI is InChI=1S/C13H20N2O2S/c1-10-7-12(8-14)5-6-13(10)18(16,17)15-9-11-3-2-4-11/h5-7,11,15H,2-4,8-9,14H2,1H3. The van der Waals surface area contributed by atoms with Gasteiger partial charge in [-0.25, -0.2) is 13.1 Å². The summed E-state index contributed by atoms with van der Waals surface area (Å²) < 4.78 is 27.0. The van der Waals surface area contributed by atoms with E-state index in [0.29, 0.717) is 23.9 Å². The van der Waals surface area contributed by atoms with Gasteiger partial charge in [0.05, 0.1) is 4.90 Å². The van der Waals surface area contributed by atoms with Gasteiger partial charge in [-0.3, -0.25) is 0 Å². The number of hydrogen-bond donors (Lipinski definition) is 2. The Labute approximate surface area is 109 Å². The Bertz CT molecular complexity index is 522. The summed E-state index contributed by atoms with van der Waals surface area (Å²) in [6, 6.07) is 5.24. The zero-order valence-corrected chi connectivity index (χ0v) is 11.5. The van der Waals surface area contributed by atoms with Gasteiger partial charge in [-0.05, 0) is 42.9 Å². The van der Waals surface area contributed by atoms with Gasteiger partial charge in [0, 0.05) is 13.1 Å². The van der Waals surface area contributed by atoms with E-state index >= 15 is 0 Å². The lowest BCUT2D eigenvalue weighted by Gasteiger charge is -2.25. The summed E-state index contributed by atoms with van der Waals surface area (Å²) in [6.45, 7) is 2.79. The molecule has 0 unspecified atom stereocenters. The molecule has 5 heteroatoms. The summed E-state index contributed by atoms with van der Waals surface area (Å²) in [5, 5.41) is 0. The lowest BCUT2D eigenvalue weighted by Crippen LogP contribution is -2.32. The van der Waals surface area contributed by atoms with Crippen molar-refractivity contribution in [2.75, 3.05) is 6.54 Å². The van der Waals surface area contributed by atoms with Gasteiger partial charge in [-0.2, -0.15) is 0 Å². The molecule has 0 atom stereocenters. The van der Waals surface area contributed by atoms with Crippen LogP contribution in [0, 0.1) is 12.8 Å². The molecule has 3 N–H and O–H groups in total. The van der Waals surface area contributed by atoms with Gasteiger partial charge >= 0.3 is 0 Å². The quantitative estimate of drug-likeness (QED) is 0.850. The number of aryl methyl sites for hydroxylation is 1. The number of sulfonamides is 1. The number of rotatable bonds is 5. The Morgan fingerprint density at radius 1 is 1.39 bits per heavy atom. The predicted octanol–water partition coefficient (Wildman–Crippen LogP) is 1.53. The summed E-state index contributed by atoms with van der Waals surface area (Å²) in [7, 11) is -3.38. The van der Waals surface area contributed by atoms with E-state index in [1.807, 2.05) is 6.07 Å². The fourth-order valence-corrected chi connectivity index (χ4v) is 3.48. The van der Waals surface area contributed by atoms with E-state index < -0.39 is 10.0 Å². The van der Waals surface area contributed by atoms with Gasteiger partial charge in [-0.1, -0.05) is 18.6 Å². The van der Waals surface area contributed by atoms with Crippen LogP contribution in [0.3, 0.4) is 0 Å². The Kier molecular flexibility index (Phi) is 4.04. The fourth-order valence-electron chi connectivity index (χ4n) is 2.14. The first-order chi connectivity index (χ1) is 8.53. The van der Waals surface area contributed by atoms with Crippen LogP contribution in [-0.4, -0.2) is 15.0 Å². The highest BCUT2D eigenvalue weighted by Crippen LogP contribution is 2.26. The monoisotopic (exact) mass is 268 g/mol. The van der Waals surface area contributed by atoms with E-state index in [2.05, 4.69) is 4.72 Å². The molecule has 0 heterocycles. The third-order valence-electron chi connectivity index (χ3n) is 3.55. The number of hydrogen-bond acceptors (Lipinski definition) is 3. The Morgan fingerprint density at radius 3 is 2.61 bits per heavy atom. The van der Waals surface area contributed by atoms with Gasteiger partial charge in [0.15, 0.2) is 0 Å². The topological polar surface area (TPSA) is 72.2 Å². The summed E-state index contributed by atoms with van der Waals surface area (Å²) in [5.74, 6) is 0.517. The molecule has 0 aliphatic heterocycles. The molecule has 0 radical (unpaired) electrons. The molecule has 1 aromatic rings. The van der Waals surface area contributed by atoms with E-state index in [9.17, 15) is 8.42 Å². The second kappa shape index (κ2) is 5.38. The van der Waals surface area contributed by atoms with Gasteiger partial charge < -0.3 is 5.73 Å². The zero-order valence-electron chi connectivity index (χ0n) is 10.6. The molecule has 0 aromatic heterocycles. The predicted molar refractivity (Wildman–Crippen MR) is 71.6 cm³/mol. The Balaban J connectivity index is 2.12. The smallest absolute Gasteiger partial charge is 0.240 e. The molecule has 2 rings (SSSR count). The lowest BCUT2D eigenvalue weighted by atomic mass is 9.86. The first kappa shape index (κ1) is 13.5. The summed E-state index contributed by atoms with van der Waals surface area (Å²) >= 11 is 0. The molecule has 0 amide bonds. The highest BCUT2D eigenvalue weighted by Gasteiger charge is 2.22. The maximum absolute atomic E-state index is 12.2. The summed E-state index contributed by atoms with van der Waals surface area (Å²) in [5.41, 5.74) is 7.24. The highest BCUT2D eigenvalue weighted by molar-refractivity contribution is 7.89. The van der Waals surface area contributed by atoms with Crippen LogP contribution in [0.1, 0.15) is 30.4 Å². The maximum Gasteiger partial charge on any atom is 0.240 e. The number of nitrogens with one attached hydrogen (secondary N) is 1. The molecule has 1 saturated carbocycles. The van der Waals surface area contributed by atoms with Gasteiger partial charge in [0.25, 0.3) is 0 Å². The van der Waals surface area contributed by atoms with E-state index in [4.69, 9.17) is 5.73 Å². The van der Waals surface area contributed by atoms with Crippen LogP contribution >= 0.6 is 0 Å². The second-order valence-corrected chi connectivity index (χ2v) is 6.69. The Morgan fingerprint density at radius 2 is 2.11 bits per heavy atom. The molecule has 18 heavy (non-hydrogen) atoms. The first-order valence-electron chi connectivity index (χ1n) is 6.32. The van der Waals surface area contributed by atoms with Crippen LogP contribution in [0.4, 0.5) is 0 Å². The fraction of sp³-hybridized carbons (Fsp3) is 0.538. The van der Waals surface area contributed by atoms with Crippen LogP contribution in [0.25, 0.3) is 0 Å². The maximum atomic E-state index is 12.2. The normalized spacial score (nSPS) is 16.6. The molecule has 1 aromatic carbocycles. The van der Waals surface area contributed by atoms with Crippen molar-refractivity contribution >= 4 is 10.0 Å². The molecule has 1 fully saturated rings. The van der Waals surface area contributed by atoms with Crippen molar-refractivity contribution in [3.63, 3.8) is 0 Å². The van der Waals surface area contributed by atoms with Crippen LogP contribution in [-0.2, 0) is 16.6 Å². The van der Waals surface area contributed by atoms with Crippen LogP contribution in [0.15, 0.2) is 23.1 Å². The summed E-state index contributed by atoms with van der Waals surface area (Å²) in [4.78, 5) is 0.360. The van der Waals surface area contributed by atoms with Crippen molar-refractivity contribution in [1.29, 1.82) is 0 Å². The largest absolute Gasteiger partial charge is 0.326 e. The van der Waals surface area contributed by atoms with Crippen molar-refractivity contribution in [3.05, 3.63) is 29.3 Å². The minimum Gasteiger partial charge on any atom is -0.326 e. The summed E-state index contributed by atoms with van der Waals surface area (Å²) in [6.07, 6.45) is 3.48. The Hall–Kier alpha value is -0.910. The lowest BCUT2D eigenvalue weighted by molar-refractivity contribution is 0.316. The van der Waals surface area contributed by atoms with Gasteiger partial charge in [-0.15, -0.1) is 0 Å². The van der Waals surface area contributed by atoms with E-state index in [-0.39, 0.29) is 0 Å². The van der Waals surface area contributed by atoms with Gasteiger partial charge in [0.2, 0.25) is 10.0 Å². The van der Waals surface area contributed by atoms with Crippen molar-refractivity contribution in [3.8, 4) is 0 Å². The molecule has 0 bridgehead atoms. The molecular formula is C13H20N2O2S.